The average Bonchev–Trinajstić information content (AvgIpc) is 2.72. The van der Waals surface area contributed by atoms with Gasteiger partial charge >= 0.3 is 5.97 Å². The van der Waals surface area contributed by atoms with Crippen LogP contribution in [0.1, 0.15) is 9.67 Å². The summed E-state index contributed by atoms with van der Waals surface area (Å²) in [7, 11) is 0. The Kier molecular flexibility index (Phi) is 3.39. The SMILES string of the molecule is O=C(O)c1cnc(Nc2c(F)cccc2Br)s1. The van der Waals surface area contributed by atoms with Crippen molar-refractivity contribution in [3.63, 3.8) is 0 Å². The normalized spacial score (nSPS) is 10.2. The first-order valence-electron chi connectivity index (χ1n) is 4.48. The van der Waals surface area contributed by atoms with E-state index in [0.717, 1.165) is 11.3 Å². The molecule has 2 rings (SSSR count). The number of carbonyl (C=O) groups is 1. The van der Waals surface area contributed by atoms with Crippen LogP contribution in [0.2, 0.25) is 0 Å². The van der Waals surface area contributed by atoms with Gasteiger partial charge in [-0.25, -0.2) is 14.2 Å². The summed E-state index contributed by atoms with van der Waals surface area (Å²) < 4.78 is 14.0. The largest absolute Gasteiger partial charge is 0.477 e. The number of hydrogen-bond acceptors (Lipinski definition) is 4. The molecule has 4 nitrogen and oxygen atoms in total. The first-order valence-corrected chi connectivity index (χ1v) is 6.09. The monoisotopic (exact) mass is 316 g/mol. The van der Waals surface area contributed by atoms with Gasteiger partial charge in [-0.2, -0.15) is 0 Å². The number of carboxylic acids is 1. The molecule has 0 aliphatic carbocycles. The van der Waals surface area contributed by atoms with Crippen LogP contribution in [0.25, 0.3) is 0 Å². The van der Waals surface area contributed by atoms with Crippen LogP contribution in [-0.4, -0.2) is 16.1 Å². The van der Waals surface area contributed by atoms with Gasteiger partial charge in [-0.3, -0.25) is 0 Å². The molecular formula is C10H6BrFN2O2S. The molecule has 0 spiro atoms. The number of anilines is 2. The molecule has 7 heteroatoms. The molecule has 88 valence electrons. The highest BCUT2D eigenvalue weighted by Crippen LogP contribution is 2.30. The van der Waals surface area contributed by atoms with Crippen LogP contribution < -0.4 is 5.32 Å². The smallest absolute Gasteiger partial charge is 0.347 e. The van der Waals surface area contributed by atoms with Crippen molar-refractivity contribution in [1.82, 2.24) is 4.98 Å². The summed E-state index contributed by atoms with van der Waals surface area (Å²) in [5.74, 6) is -1.49. The third-order valence-electron chi connectivity index (χ3n) is 1.91. The van der Waals surface area contributed by atoms with E-state index < -0.39 is 11.8 Å². The van der Waals surface area contributed by atoms with Crippen LogP contribution in [0, 0.1) is 5.82 Å². The molecule has 0 radical (unpaired) electrons. The predicted octanol–water partition coefficient (Wildman–Crippen LogP) is 3.49. The number of aromatic nitrogens is 1. The minimum absolute atomic E-state index is 0.0972. The van der Waals surface area contributed by atoms with E-state index in [9.17, 15) is 9.18 Å². The molecule has 2 aromatic rings. The van der Waals surface area contributed by atoms with Crippen molar-refractivity contribution in [1.29, 1.82) is 0 Å². The number of thiazole rings is 1. The van der Waals surface area contributed by atoms with E-state index in [1.165, 1.54) is 12.3 Å². The molecule has 0 fully saturated rings. The van der Waals surface area contributed by atoms with Crippen molar-refractivity contribution in [2.24, 2.45) is 0 Å². The fourth-order valence-corrected chi connectivity index (χ4v) is 2.26. The van der Waals surface area contributed by atoms with Gasteiger partial charge < -0.3 is 10.4 Å². The standard InChI is InChI=1S/C10H6BrFN2O2S/c11-5-2-1-3-6(12)8(5)14-10-13-4-7(17-10)9(15)16/h1-4H,(H,13,14)(H,15,16). The Bertz CT molecular complexity index is 553. The second-order valence-corrected chi connectivity index (χ2v) is 4.94. The number of para-hydroxylation sites is 1. The molecule has 0 saturated heterocycles. The number of rotatable bonds is 3. The summed E-state index contributed by atoms with van der Waals surface area (Å²) in [6.07, 6.45) is 1.23. The van der Waals surface area contributed by atoms with Crippen LogP contribution in [0.5, 0.6) is 0 Å². The van der Waals surface area contributed by atoms with E-state index in [1.54, 1.807) is 12.1 Å². The van der Waals surface area contributed by atoms with E-state index in [0.29, 0.717) is 9.60 Å². The van der Waals surface area contributed by atoms with E-state index in [1.807, 2.05) is 0 Å². The van der Waals surface area contributed by atoms with Gasteiger partial charge in [-0.05, 0) is 28.1 Å². The summed E-state index contributed by atoms with van der Waals surface area (Å²) in [5, 5.41) is 11.8. The number of carboxylic acid groups (broad SMARTS) is 1. The quantitative estimate of drug-likeness (QED) is 0.910. The molecule has 1 aromatic heterocycles. The van der Waals surface area contributed by atoms with E-state index in [-0.39, 0.29) is 10.6 Å². The molecular weight excluding hydrogens is 311 g/mol. The van der Waals surface area contributed by atoms with Gasteiger partial charge in [-0.15, -0.1) is 0 Å². The number of halogens is 2. The zero-order chi connectivity index (χ0) is 12.4. The zero-order valence-corrected chi connectivity index (χ0v) is 10.7. The third kappa shape index (κ3) is 2.62. The molecule has 0 atom stereocenters. The number of nitrogens with one attached hydrogen (secondary N) is 1. The number of benzene rings is 1. The van der Waals surface area contributed by atoms with Crippen molar-refractivity contribution in [2.75, 3.05) is 5.32 Å². The van der Waals surface area contributed by atoms with Crippen molar-refractivity contribution in [3.05, 3.63) is 39.6 Å². The first-order chi connectivity index (χ1) is 8.08. The highest BCUT2D eigenvalue weighted by atomic mass is 79.9. The zero-order valence-electron chi connectivity index (χ0n) is 8.28. The first kappa shape index (κ1) is 12.0. The summed E-state index contributed by atoms with van der Waals surface area (Å²) >= 11 is 4.14. The van der Waals surface area contributed by atoms with Gasteiger partial charge in [0.05, 0.1) is 11.9 Å². The predicted molar refractivity (Wildman–Crippen MR) is 66.5 cm³/mol. The lowest BCUT2D eigenvalue weighted by Crippen LogP contribution is -1.93. The summed E-state index contributed by atoms with van der Waals surface area (Å²) in [5.41, 5.74) is 0.235. The Morgan fingerprint density at radius 2 is 2.29 bits per heavy atom. The maximum absolute atomic E-state index is 13.5. The summed E-state index contributed by atoms with van der Waals surface area (Å²) in [6, 6.07) is 4.55. The molecule has 17 heavy (non-hydrogen) atoms. The second-order valence-electron chi connectivity index (χ2n) is 3.06. The lowest BCUT2D eigenvalue weighted by molar-refractivity contribution is 0.0702. The lowest BCUT2D eigenvalue weighted by atomic mass is 10.3. The Labute approximate surface area is 108 Å². The molecule has 0 bridgehead atoms. The molecule has 1 heterocycles. The average molecular weight is 317 g/mol. The van der Waals surface area contributed by atoms with Crippen LogP contribution in [0.15, 0.2) is 28.9 Å². The number of aromatic carboxylic acids is 1. The van der Waals surface area contributed by atoms with Gasteiger partial charge in [0.1, 0.15) is 10.7 Å². The highest BCUT2D eigenvalue weighted by molar-refractivity contribution is 9.10. The minimum Gasteiger partial charge on any atom is -0.477 e. The summed E-state index contributed by atoms with van der Waals surface area (Å²) in [6.45, 7) is 0. The van der Waals surface area contributed by atoms with Crippen LogP contribution in [0.3, 0.4) is 0 Å². The minimum atomic E-state index is -1.05. The third-order valence-corrected chi connectivity index (χ3v) is 3.47. The number of nitrogens with zero attached hydrogens (tertiary/aromatic N) is 1. The Balaban J connectivity index is 2.28. The Morgan fingerprint density at radius 3 is 2.88 bits per heavy atom. The molecule has 0 unspecified atom stereocenters. The van der Waals surface area contributed by atoms with Crippen LogP contribution in [0.4, 0.5) is 15.2 Å². The van der Waals surface area contributed by atoms with Crippen LogP contribution >= 0.6 is 27.3 Å². The topological polar surface area (TPSA) is 62.2 Å². The Morgan fingerprint density at radius 1 is 1.53 bits per heavy atom. The van der Waals surface area contributed by atoms with E-state index >= 15 is 0 Å². The molecule has 2 N–H and O–H groups in total. The maximum Gasteiger partial charge on any atom is 0.347 e. The van der Waals surface area contributed by atoms with Gasteiger partial charge in [0.15, 0.2) is 5.13 Å². The number of hydrogen-bond donors (Lipinski definition) is 2. The molecule has 0 aliphatic rings. The summed E-state index contributed by atoms with van der Waals surface area (Å²) in [4.78, 5) is 14.6. The van der Waals surface area contributed by atoms with Crippen molar-refractivity contribution in [3.8, 4) is 0 Å². The molecule has 0 amide bonds. The van der Waals surface area contributed by atoms with Crippen molar-refractivity contribution >= 4 is 44.1 Å². The van der Waals surface area contributed by atoms with Gasteiger partial charge in [-0.1, -0.05) is 17.4 Å². The van der Waals surface area contributed by atoms with E-state index in [4.69, 9.17) is 5.11 Å². The fraction of sp³-hybridized carbons (Fsp3) is 0. The molecule has 1 aromatic carbocycles. The lowest BCUT2D eigenvalue weighted by Gasteiger charge is -2.05. The maximum atomic E-state index is 13.5. The van der Waals surface area contributed by atoms with Gasteiger partial charge in [0, 0.05) is 4.47 Å². The molecule has 0 aliphatic heterocycles. The van der Waals surface area contributed by atoms with E-state index in [2.05, 4.69) is 26.2 Å². The molecule has 0 saturated carbocycles. The van der Waals surface area contributed by atoms with Crippen molar-refractivity contribution < 1.29 is 14.3 Å². The highest BCUT2D eigenvalue weighted by Gasteiger charge is 2.11. The van der Waals surface area contributed by atoms with Gasteiger partial charge in [0.25, 0.3) is 0 Å². The Hall–Kier alpha value is -1.47. The second kappa shape index (κ2) is 4.80. The van der Waals surface area contributed by atoms with Crippen molar-refractivity contribution in [2.45, 2.75) is 0 Å². The fourth-order valence-electron chi connectivity index (χ4n) is 1.15. The van der Waals surface area contributed by atoms with Crippen LogP contribution in [-0.2, 0) is 0 Å². The van der Waals surface area contributed by atoms with Gasteiger partial charge in [0.2, 0.25) is 0 Å².